The number of nitrogens with one attached hydrogen (secondary N) is 1. The fourth-order valence-corrected chi connectivity index (χ4v) is 1.72. The van der Waals surface area contributed by atoms with Crippen LogP contribution in [0.3, 0.4) is 0 Å². The Hall–Kier alpha value is -2.67. The largest absolute Gasteiger partial charge is 0.494 e. The van der Waals surface area contributed by atoms with Gasteiger partial charge in [-0.15, -0.1) is 0 Å². The third-order valence-corrected chi connectivity index (χ3v) is 2.61. The summed E-state index contributed by atoms with van der Waals surface area (Å²) in [5, 5.41) is 12.3. The highest BCUT2D eigenvalue weighted by molar-refractivity contribution is 5.69. The van der Waals surface area contributed by atoms with Gasteiger partial charge in [-0.2, -0.15) is 5.26 Å². The van der Waals surface area contributed by atoms with E-state index in [0.717, 1.165) is 17.1 Å². The highest BCUT2D eigenvalue weighted by atomic mass is 16.5. The van der Waals surface area contributed by atoms with Crippen molar-refractivity contribution in [3.8, 4) is 11.8 Å². The molecular weight excluding hydrogens is 238 g/mol. The van der Waals surface area contributed by atoms with Crippen molar-refractivity contribution in [2.75, 3.05) is 17.7 Å². The Bertz CT molecular complexity index is 600. The Balaban J connectivity index is 2.19. The monoisotopic (exact) mass is 253 g/mol. The number of nitrogens with two attached hydrogens (primary N) is 1. The minimum absolute atomic E-state index is 0.522. The van der Waals surface area contributed by atoms with Gasteiger partial charge in [0.2, 0.25) is 0 Å². The summed E-state index contributed by atoms with van der Waals surface area (Å²) in [5.74, 6) is 0.825. The Morgan fingerprint density at radius 3 is 2.58 bits per heavy atom. The van der Waals surface area contributed by atoms with E-state index in [0.29, 0.717) is 17.9 Å². The van der Waals surface area contributed by atoms with Gasteiger partial charge in [-0.1, -0.05) is 0 Å². The van der Waals surface area contributed by atoms with Gasteiger partial charge in [0.05, 0.1) is 17.9 Å². The number of anilines is 3. The number of hydrogen-bond donors (Lipinski definition) is 2. The van der Waals surface area contributed by atoms with Gasteiger partial charge in [-0.25, -0.2) is 0 Å². The molecule has 0 radical (unpaired) electrons. The van der Waals surface area contributed by atoms with Gasteiger partial charge in [0.25, 0.3) is 0 Å². The van der Waals surface area contributed by atoms with Crippen LogP contribution in [-0.4, -0.2) is 6.61 Å². The van der Waals surface area contributed by atoms with Crippen LogP contribution in [0.25, 0.3) is 0 Å². The smallest absolute Gasteiger partial charge is 0.119 e. The number of nitrogens with zero attached hydrogens (tertiary/aromatic N) is 1. The molecule has 0 aromatic heterocycles. The van der Waals surface area contributed by atoms with Crippen LogP contribution in [0, 0.1) is 11.3 Å². The van der Waals surface area contributed by atoms with Crippen molar-refractivity contribution in [2.24, 2.45) is 0 Å². The average Bonchev–Trinajstić information content (AvgIpc) is 2.43. The van der Waals surface area contributed by atoms with Crippen molar-refractivity contribution in [1.82, 2.24) is 0 Å². The molecule has 0 unspecified atom stereocenters. The molecule has 0 aliphatic heterocycles. The second-order valence-corrected chi connectivity index (χ2v) is 4.00. The fraction of sp³-hybridized carbons (Fsp3) is 0.133. The summed E-state index contributed by atoms with van der Waals surface area (Å²) in [6, 6.07) is 14.9. The van der Waals surface area contributed by atoms with E-state index < -0.39 is 0 Å². The first kappa shape index (κ1) is 12.8. The maximum absolute atomic E-state index is 9.07. The lowest BCUT2D eigenvalue weighted by atomic mass is 10.1. The van der Waals surface area contributed by atoms with Gasteiger partial charge in [0.1, 0.15) is 11.8 Å². The fourth-order valence-electron chi connectivity index (χ4n) is 1.72. The SMILES string of the molecule is CCOc1ccc(Nc2ccc(N)cc2C#N)cc1. The van der Waals surface area contributed by atoms with Crippen molar-refractivity contribution >= 4 is 17.1 Å². The molecule has 3 N–H and O–H groups in total. The van der Waals surface area contributed by atoms with E-state index in [9.17, 15) is 0 Å². The molecule has 2 aromatic rings. The maximum atomic E-state index is 9.07. The van der Waals surface area contributed by atoms with Crippen LogP contribution in [0.15, 0.2) is 42.5 Å². The van der Waals surface area contributed by atoms with Gasteiger partial charge < -0.3 is 15.8 Å². The average molecular weight is 253 g/mol. The minimum atomic E-state index is 0.522. The zero-order valence-electron chi connectivity index (χ0n) is 10.7. The topological polar surface area (TPSA) is 71.1 Å². The number of benzene rings is 2. The minimum Gasteiger partial charge on any atom is -0.494 e. The van der Waals surface area contributed by atoms with Gasteiger partial charge in [0, 0.05) is 11.4 Å². The molecule has 0 aliphatic carbocycles. The molecule has 0 bridgehead atoms. The Morgan fingerprint density at radius 1 is 1.21 bits per heavy atom. The number of rotatable bonds is 4. The van der Waals surface area contributed by atoms with Crippen LogP contribution in [0.4, 0.5) is 17.1 Å². The van der Waals surface area contributed by atoms with Crippen LogP contribution >= 0.6 is 0 Å². The molecule has 0 atom stereocenters. The molecule has 0 fully saturated rings. The number of ether oxygens (including phenoxy) is 1. The summed E-state index contributed by atoms with van der Waals surface area (Å²) >= 11 is 0. The van der Waals surface area contributed by atoms with E-state index in [-0.39, 0.29) is 0 Å². The first-order valence-corrected chi connectivity index (χ1v) is 6.02. The number of nitrogen functional groups attached to an aromatic ring is 1. The molecule has 19 heavy (non-hydrogen) atoms. The second-order valence-electron chi connectivity index (χ2n) is 4.00. The van der Waals surface area contributed by atoms with E-state index in [2.05, 4.69) is 11.4 Å². The summed E-state index contributed by atoms with van der Waals surface area (Å²) < 4.78 is 5.38. The predicted octanol–water partition coefficient (Wildman–Crippen LogP) is 3.28. The molecule has 0 heterocycles. The first-order valence-electron chi connectivity index (χ1n) is 6.02. The molecule has 2 rings (SSSR count). The normalized spacial score (nSPS) is 9.68. The van der Waals surface area contributed by atoms with Crippen LogP contribution < -0.4 is 15.8 Å². The van der Waals surface area contributed by atoms with Crippen molar-refractivity contribution in [3.05, 3.63) is 48.0 Å². The quantitative estimate of drug-likeness (QED) is 0.820. The molecule has 4 nitrogen and oxygen atoms in total. The lowest BCUT2D eigenvalue weighted by molar-refractivity contribution is 0.340. The van der Waals surface area contributed by atoms with Crippen molar-refractivity contribution in [3.63, 3.8) is 0 Å². The Morgan fingerprint density at radius 2 is 1.95 bits per heavy atom. The second kappa shape index (κ2) is 5.78. The van der Waals surface area contributed by atoms with Gasteiger partial charge in [-0.3, -0.25) is 0 Å². The summed E-state index contributed by atoms with van der Waals surface area (Å²) in [5.41, 5.74) is 8.38. The predicted molar refractivity (Wildman–Crippen MR) is 76.5 cm³/mol. The lowest BCUT2D eigenvalue weighted by Gasteiger charge is -2.10. The molecule has 4 heteroatoms. The van der Waals surface area contributed by atoms with E-state index in [4.69, 9.17) is 15.7 Å². The third-order valence-electron chi connectivity index (χ3n) is 2.61. The first-order chi connectivity index (χ1) is 9.22. The standard InChI is InChI=1S/C15H15N3O/c1-2-19-14-6-4-13(5-7-14)18-15-8-3-12(17)9-11(15)10-16/h3-9,18H,2,17H2,1H3. The van der Waals surface area contributed by atoms with Crippen molar-refractivity contribution in [2.45, 2.75) is 6.92 Å². The highest BCUT2D eigenvalue weighted by Crippen LogP contribution is 2.24. The van der Waals surface area contributed by atoms with Crippen molar-refractivity contribution < 1.29 is 4.74 Å². The zero-order chi connectivity index (χ0) is 13.7. The summed E-state index contributed by atoms with van der Waals surface area (Å²) in [7, 11) is 0. The maximum Gasteiger partial charge on any atom is 0.119 e. The summed E-state index contributed by atoms with van der Waals surface area (Å²) in [6.45, 7) is 2.59. The number of hydrogen-bond acceptors (Lipinski definition) is 4. The van der Waals surface area contributed by atoms with E-state index in [1.165, 1.54) is 0 Å². The van der Waals surface area contributed by atoms with E-state index >= 15 is 0 Å². The molecule has 0 saturated heterocycles. The van der Waals surface area contributed by atoms with E-state index in [1.807, 2.05) is 31.2 Å². The zero-order valence-corrected chi connectivity index (χ0v) is 10.7. The summed E-state index contributed by atoms with van der Waals surface area (Å²) in [6.07, 6.45) is 0. The van der Waals surface area contributed by atoms with Crippen LogP contribution in [0.5, 0.6) is 5.75 Å². The molecule has 2 aromatic carbocycles. The van der Waals surface area contributed by atoms with Gasteiger partial charge in [-0.05, 0) is 49.4 Å². The third kappa shape index (κ3) is 3.17. The molecule has 0 amide bonds. The van der Waals surface area contributed by atoms with Gasteiger partial charge in [0.15, 0.2) is 0 Å². The van der Waals surface area contributed by atoms with Crippen LogP contribution in [0.1, 0.15) is 12.5 Å². The highest BCUT2D eigenvalue weighted by Gasteiger charge is 2.03. The Labute approximate surface area is 112 Å². The Kier molecular flexibility index (Phi) is 3.89. The number of nitriles is 1. The van der Waals surface area contributed by atoms with Crippen LogP contribution in [0.2, 0.25) is 0 Å². The molecule has 0 saturated carbocycles. The summed E-state index contributed by atoms with van der Waals surface area (Å²) in [4.78, 5) is 0. The molecule has 96 valence electrons. The molecule has 0 spiro atoms. The molecular formula is C15H15N3O. The van der Waals surface area contributed by atoms with Gasteiger partial charge >= 0.3 is 0 Å². The lowest BCUT2D eigenvalue weighted by Crippen LogP contribution is -1.96. The van der Waals surface area contributed by atoms with Crippen LogP contribution in [-0.2, 0) is 0 Å². The molecule has 0 aliphatic rings. The van der Waals surface area contributed by atoms with Crippen molar-refractivity contribution in [1.29, 1.82) is 5.26 Å². The van der Waals surface area contributed by atoms with E-state index in [1.54, 1.807) is 18.2 Å².